The third-order valence-electron chi connectivity index (χ3n) is 5.78. The Kier molecular flexibility index (Phi) is 7.73. The van der Waals surface area contributed by atoms with E-state index in [0.717, 1.165) is 5.56 Å². The molecule has 1 atom stereocenters. The number of carbonyl (C=O) groups is 1. The van der Waals surface area contributed by atoms with Gasteiger partial charge >= 0.3 is 0 Å². The zero-order valence-corrected chi connectivity index (χ0v) is 19.3. The highest BCUT2D eigenvalue weighted by atomic mass is 32.2. The molecule has 32 heavy (non-hydrogen) atoms. The zero-order valence-electron chi connectivity index (χ0n) is 18.5. The van der Waals surface area contributed by atoms with Crippen LogP contribution in [0.3, 0.4) is 0 Å². The van der Waals surface area contributed by atoms with Crippen LogP contribution < -0.4 is 14.8 Å². The van der Waals surface area contributed by atoms with Gasteiger partial charge in [-0.3, -0.25) is 4.79 Å². The molecule has 0 radical (unpaired) electrons. The molecule has 7 nitrogen and oxygen atoms in total. The summed E-state index contributed by atoms with van der Waals surface area (Å²) in [4.78, 5) is 12.8. The highest BCUT2D eigenvalue weighted by Gasteiger charge is 2.32. The lowest BCUT2D eigenvalue weighted by molar-refractivity contribution is -0.126. The van der Waals surface area contributed by atoms with Crippen LogP contribution in [0.25, 0.3) is 0 Å². The fraction of sp³-hybridized carbons (Fsp3) is 0.435. The summed E-state index contributed by atoms with van der Waals surface area (Å²) in [5.41, 5.74) is 1.03. The predicted octanol–water partition coefficient (Wildman–Crippen LogP) is 3.26. The first-order chi connectivity index (χ1) is 15.2. The number of sulfonamides is 1. The summed E-state index contributed by atoms with van der Waals surface area (Å²) < 4.78 is 51.2. The molecule has 2 aromatic carbocycles. The van der Waals surface area contributed by atoms with Gasteiger partial charge in [0.05, 0.1) is 26.0 Å². The SMILES string of the molecule is COc1ccc([C@H](C)NC(=O)C2CCN(S(=O)(=O)Cc3ccccc3F)CC2)cc1OC. The number of benzene rings is 2. The number of rotatable bonds is 8. The van der Waals surface area contributed by atoms with Crippen LogP contribution >= 0.6 is 0 Å². The third-order valence-corrected chi connectivity index (χ3v) is 7.61. The minimum Gasteiger partial charge on any atom is -0.493 e. The number of ether oxygens (including phenoxy) is 2. The maximum absolute atomic E-state index is 13.9. The molecule has 0 bridgehead atoms. The van der Waals surface area contributed by atoms with Crippen molar-refractivity contribution in [2.45, 2.75) is 31.6 Å². The molecule has 1 N–H and O–H groups in total. The van der Waals surface area contributed by atoms with E-state index in [1.165, 1.54) is 22.5 Å². The Balaban J connectivity index is 1.56. The van der Waals surface area contributed by atoms with Gasteiger partial charge < -0.3 is 14.8 Å². The topological polar surface area (TPSA) is 84.9 Å². The lowest BCUT2D eigenvalue weighted by Crippen LogP contribution is -2.43. The summed E-state index contributed by atoms with van der Waals surface area (Å²) in [6.45, 7) is 2.35. The highest BCUT2D eigenvalue weighted by molar-refractivity contribution is 7.88. The molecule has 1 heterocycles. The molecule has 0 spiro atoms. The monoisotopic (exact) mass is 464 g/mol. The van der Waals surface area contributed by atoms with Crippen molar-refractivity contribution in [1.29, 1.82) is 0 Å². The van der Waals surface area contributed by atoms with E-state index in [9.17, 15) is 17.6 Å². The van der Waals surface area contributed by atoms with Gasteiger partial charge in [0.25, 0.3) is 0 Å². The van der Waals surface area contributed by atoms with Crippen molar-refractivity contribution in [3.05, 3.63) is 59.4 Å². The van der Waals surface area contributed by atoms with Crippen LogP contribution in [0.15, 0.2) is 42.5 Å². The quantitative estimate of drug-likeness (QED) is 0.648. The Morgan fingerprint density at radius 3 is 2.41 bits per heavy atom. The summed E-state index contributed by atoms with van der Waals surface area (Å²) in [5, 5.41) is 3.00. The largest absolute Gasteiger partial charge is 0.493 e. The number of piperidine rings is 1. The van der Waals surface area contributed by atoms with Gasteiger partial charge in [0.15, 0.2) is 11.5 Å². The van der Waals surface area contributed by atoms with Crippen LogP contribution in [0, 0.1) is 11.7 Å². The van der Waals surface area contributed by atoms with E-state index in [4.69, 9.17) is 9.47 Å². The standard InChI is InChI=1S/C23H29FN2O5S/c1-16(18-8-9-21(30-2)22(14-18)31-3)25-23(27)17-10-12-26(13-11-17)32(28,29)15-19-6-4-5-7-20(19)24/h4-9,14,16-17H,10-13,15H2,1-3H3,(H,25,27)/t16-/m0/s1. The van der Waals surface area contributed by atoms with Gasteiger partial charge in [-0.15, -0.1) is 0 Å². The van der Waals surface area contributed by atoms with E-state index in [1.54, 1.807) is 26.4 Å². The second-order valence-corrected chi connectivity index (χ2v) is 9.83. The maximum Gasteiger partial charge on any atom is 0.223 e. The van der Waals surface area contributed by atoms with Gasteiger partial charge in [-0.05, 0) is 43.5 Å². The van der Waals surface area contributed by atoms with Gasteiger partial charge in [0.2, 0.25) is 15.9 Å². The molecule has 0 saturated carbocycles. The summed E-state index contributed by atoms with van der Waals surface area (Å²) >= 11 is 0. The molecule has 0 aliphatic carbocycles. The fourth-order valence-corrected chi connectivity index (χ4v) is 5.41. The van der Waals surface area contributed by atoms with Gasteiger partial charge in [-0.2, -0.15) is 0 Å². The molecule has 1 aliphatic heterocycles. The first-order valence-electron chi connectivity index (χ1n) is 10.5. The van der Waals surface area contributed by atoms with E-state index in [2.05, 4.69) is 5.32 Å². The van der Waals surface area contributed by atoms with E-state index < -0.39 is 15.8 Å². The molecule has 0 aromatic heterocycles. The van der Waals surface area contributed by atoms with Crippen molar-refractivity contribution in [2.24, 2.45) is 5.92 Å². The predicted molar refractivity (Wildman–Crippen MR) is 119 cm³/mol. The average molecular weight is 465 g/mol. The van der Waals surface area contributed by atoms with Crippen LogP contribution in [0.4, 0.5) is 4.39 Å². The van der Waals surface area contributed by atoms with Crippen LogP contribution in [-0.4, -0.2) is 45.9 Å². The Hall–Kier alpha value is -2.65. The molecule has 9 heteroatoms. The maximum atomic E-state index is 13.9. The molecule has 174 valence electrons. The normalized spacial score (nSPS) is 16.4. The lowest BCUT2D eigenvalue weighted by Gasteiger charge is -2.31. The number of halogens is 1. The summed E-state index contributed by atoms with van der Waals surface area (Å²) in [7, 11) is -0.537. The van der Waals surface area contributed by atoms with E-state index >= 15 is 0 Å². The van der Waals surface area contributed by atoms with E-state index in [-0.39, 0.29) is 42.3 Å². The van der Waals surface area contributed by atoms with Gasteiger partial charge in [0.1, 0.15) is 5.82 Å². The Labute approximate surface area is 188 Å². The summed E-state index contributed by atoms with van der Waals surface area (Å²) in [5.74, 6) is -0.115. The minimum absolute atomic E-state index is 0.113. The Bertz CT molecular complexity index is 1050. The van der Waals surface area contributed by atoms with Crippen molar-refractivity contribution >= 4 is 15.9 Å². The van der Waals surface area contributed by atoms with Crippen molar-refractivity contribution in [2.75, 3.05) is 27.3 Å². The second kappa shape index (κ2) is 10.3. The van der Waals surface area contributed by atoms with Gasteiger partial charge in [0, 0.05) is 24.6 Å². The molecular formula is C23H29FN2O5S. The molecule has 1 aliphatic rings. The van der Waals surface area contributed by atoms with Crippen molar-refractivity contribution in [3.63, 3.8) is 0 Å². The first kappa shape index (κ1) is 24.0. The molecule has 1 saturated heterocycles. The lowest BCUT2D eigenvalue weighted by atomic mass is 9.96. The number of methoxy groups -OCH3 is 2. The molecule has 0 unspecified atom stereocenters. The molecular weight excluding hydrogens is 435 g/mol. The van der Waals surface area contributed by atoms with Crippen molar-refractivity contribution in [1.82, 2.24) is 9.62 Å². The second-order valence-electron chi connectivity index (χ2n) is 7.87. The zero-order chi connectivity index (χ0) is 23.3. The average Bonchev–Trinajstić information content (AvgIpc) is 2.80. The number of hydrogen-bond donors (Lipinski definition) is 1. The van der Waals surface area contributed by atoms with Gasteiger partial charge in [-0.25, -0.2) is 17.1 Å². The first-order valence-corrected chi connectivity index (χ1v) is 12.1. The highest BCUT2D eigenvalue weighted by Crippen LogP contribution is 2.30. The smallest absolute Gasteiger partial charge is 0.223 e. The van der Waals surface area contributed by atoms with E-state index in [0.29, 0.717) is 24.3 Å². The number of nitrogens with zero attached hydrogens (tertiary/aromatic N) is 1. The van der Waals surface area contributed by atoms with Crippen LogP contribution in [-0.2, 0) is 20.6 Å². The fourth-order valence-electron chi connectivity index (χ4n) is 3.84. The molecule has 2 aromatic rings. The minimum atomic E-state index is -3.65. The molecule has 1 fully saturated rings. The number of nitrogens with one attached hydrogen (secondary N) is 1. The molecule has 3 rings (SSSR count). The van der Waals surface area contributed by atoms with Crippen molar-refractivity contribution < 1.29 is 27.1 Å². The number of amides is 1. The third kappa shape index (κ3) is 5.58. The van der Waals surface area contributed by atoms with Crippen LogP contribution in [0.5, 0.6) is 11.5 Å². The molecule has 1 amide bonds. The number of hydrogen-bond acceptors (Lipinski definition) is 5. The van der Waals surface area contributed by atoms with E-state index in [1.807, 2.05) is 19.1 Å². The van der Waals surface area contributed by atoms with Crippen molar-refractivity contribution in [3.8, 4) is 11.5 Å². The number of carbonyl (C=O) groups excluding carboxylic acids is 1. The Morgan fingerprint density at radius 1 is 1.12 bits per heavy atom. The van der Waals surface area contributed by atoms with Crippen LogP contribution in [0.2, 0.25) is 0 Å². The summed E-state index contributed by atoms with van der Waals surface area (Å²) in [6, 6.07) is 11.1. The van der Waals surface area contributed by atoms with Gasteiger partial charge in [-0.1, -0.05) is 24.3 Å². The summed E-state index contributed by atoms with van der Waals surface area (Å²) in [6.07, 6.45) is 0.835. The van der Waals surface area contributed by atoms with Crippen LogP contribution in [0.1, 0.15) is 36.9 Å². The Morgan fingerprint density at radius 2 is 1.78 bits per heavy atom.